The summed E-state index contributed by atoms with van der Waals surface area (Å²) in [4.78, 5) is 4.47. The van der Waals surface area contributed by atoms with Crippen LogP contribution in [-0.4, -0.2) is 92.3 Å². The SMILES string of the molecule is CS(=O)(=O)NC[C@]1(O)CCN(Cc2cccc(CN3CCOCC3)c2)C[C@H]1O. The molecule has 2 atom stereocenters. The fraction of sp³-hybridized carbons (Fsp3) is 0.684. The molecule has 9 heteroatoms. The highest BCUT2D eigenvalue weighted by molar-refractivity contribution is 7.88. The molecule has 3 N–H and O–H groups in total. The van der Waals surface area contributed by atoms with Crippen LogP contribution in [0.25, 0.3) is 0 Å². The smallest absolute Gasteiger partial charge is 0.208 e. The summed E-state index contributed by atoms with van der Waals surface area (Å²) in [5.41, 5.74) is 0.987. The van der Waals surface area contributed by atoms with E-state index in [1.54, 1.807) is 0 Å². The van der Waals surface area contributed by atoms with Crippen molar-refractivity contribution in [1.82, 2.24) is 14.5 Å². The number of aliphatic hydroxyl groups is 2. The standard InChI is InChI=1S/C19H31N3O5S/c1-28(25,26)20-15-19(24)5-6-22(14-18(19)23)13-17-4-2-3-16(11-17)12-21-7-9-27-10-8-21/h2-4,11,18,20,23-24H,5-10,12-15H2,1H3/t18-,19-/m1/s1. The molecular weight excluding hydrogens is 382 g/mol. The van der Waals surface area contributed by atoms with E-state index in [0.717, 1.165) is 44.7 Å². The van der Waals surface area contributed by atoms with E-state index in [4.69, 9.17) is 4.74 Å². The quantitative estimate of drug-likeness (QED) is 0.547. The molecule has 2 heterocycles. The summed E-state index contributed by atoms with van der Waals surface area (Å²) >= 11 is 0. The summed E-state index contributed by atoms with van der Waals surface area (Å²) in [6.45, 7) is 5.76. The summed E-state index contributed by atoms with van der Waals surface area (Å²) in [7, 11) is -3.41. The highest BCUT2D eigenvalue weighted by Gasteiger charge is 2.40. The van der Waals surface area contributed by atoms with Crippen LogP contribution < -0.4 is 4.72 Å². The van der Waals surface area contributed by atoms with Crippen LogP contribution >= 0.6 is 0 Å². The molecule has 1 aromatic carbocycles. The normalized spacial score (nSPS) is 27.8. The Labute approximate surface area is 167 Å². The fourth-order valence-electron chi connectivity index (χ4n) is 3.73. The van der Waals surface area contributed by atoms with E-state index in [0.29, 0.717) is 26.1 Å². The molecule has 8 nitrogen and oxygen atoms in total. The number of likely N-dealkylation sites (tertiary alicyclic amines) is 1. The zero-order valence-electron chi connectivity index (χ0n) is 16.4. The van der Waals surface area contributed by atoms with Gasteiger partial charge in [0.2, 0.25) is 10.0 Å². The maximum atomic E-state index is 11.3. The van der Waals surface area contributed by atoms with Gasteiger partial charge in [0.15, 0.2) is 0 Å². The van der Waals surface area contributed by atoms with E-state index >= 15 is 0 Å². The molecule has 2 saturated heterocycles. The molecule has 0 unspecified atom stereocenters. The van der Waals surface area contributed by atoms with Crippen LogP contribution in [0.15, 0.2) is 24.3 Å². The molecule has 0 bridgehead atoms. The van der Waals surface area contributed by atoms with Crippen molar-refractivity contribution >= 4 is 10.0 Å². The molecule has 0 radical (unpaired) electrons. The van der Waals surface area contributed by atoms with Crippen molar-refractivity contribution in [3.8, 4) is 0 Å². The predicted octanol–water partition coefficient (Wildman–Crippen LogP) is -0.634. The average Bonchev–Trinajstić information content (AvgIpc) is 2.64. The Hall–Kier alpha value is -1.07. The molecular formula is C19H31N3O5S. The molecule has 2 fully saturated rings. The summed E-state index contributed by atoms with van der Waals surface area (Å²) in [6.07, 6.45) is 0.346. The Balaban J connectivity index is 1.54. The molecule has 1 aromatic rings. The number of ether oxygens (including phenoxy) is 1. The third-order valence-electron chi connectivity index (χ3n) is 5.46. The highest BCUT2D eigenvalue weighted by Crippen LogP contribution is 2.24. The second-order valence-corrected chi connectivity index (χ2v) is 9.74. The Bertz CT molecular complexity index is 754. The molecule has 0 saturated carbocycles. The van der Waals surface area contributed by atoms with E-state index < -0.39 is 21.7 Å². The number of benzene rings is 1. The zero-order chi connectivity index (χ0) is 20.2. The number of nitrogens with zero attached hydrogens (tertiary/aromatic N) is 2. The van der Waals surface area contributed by atoms with Crippen LogP contribution in [0.3, 0.4) is 0 Å². The fourth-order valence-corrected chi connectivity index (χ4v) is 4.24. The number of piperidine rings is 1. The Morgan fingerprint density at radius 3 is 2.43 bits per heavy atom. The van der Waals surface area contributed by atoms with Gasteiger partial charge in [-0.15, -0.1) is 0 Å². The van der Waals surface area contributed by atoms with Gasteiger partial charge in [0, 0.05) is 45.8 Å². The van der Waals surface area contributed by atoms with Crippen LogP contribution in [0, 0.1) is 0 Å². The van der Waals surface area contributed by atoms with Crippen LogP contribution in [0.4, 0.5) is 0 Å². The Morgan fingerprint density at radius 2 is 1.82 bits per heavy atom. The van der Waals surface area contributed by atoms with Gasteiger partial charge in [0.05, 0.1) is 25.6 Å². The summed E-state index contributed by atoms with van der Waals surface area (Å²) in [6, 6.07) is 8.44. The Kier molecular flexibility index (Phi) is 7.08. The monoisotopic (exact) mass is 413 g/mol. The first kappa shape index (κ1) is 21.6. The van der Waals surface area contributed by atoms with Gasteiger partial charge in [-0.05, 0) is 17.5 Å². The van der Waals surface area contributed by atoms with Crippen molar-refractivity contribution in [2.45, 2.75) is 31.2 Å². The Morgan fingerprint density at radius 1 is 1.18 bits per heavy atom. The number of morpholine rings is 1. The minimum absolute atomic E-state index is 0.171. The lowest BCUT2D eigenvalue weighted by Crippen LogP contribution is -2.59. The molecule has 0 aromatic heterocycles. The van der Waals surface area contributed by atoms with E-state index in [2.05, 4.69) is 38.8 Å². The van der Waals surface area contributed by atoms with E-state index in [1.165, 1.54) is 5.56 Å². The topological polar surface area (TPSA) is 102 Å². The number of hydrogen-bond acceptors (Lipinski definition) is 7. The van der Waals surface area contributed by atoms with Crippen LogP contribution in [-0.2, 0) is 27.8 Å². The number of nitrogens with one attached hydrogen (secondary N) is 1. The molecule has 3 rings (SSSR count). The van der Waals surface area contributed by atoms with Gasteiger partial charge >= 0.3 is 0 Å². The van der Waals surface area contributed by atoms with E-state index in [1.807, 2.05) is 0 Å². The van der Waals surface area contributed by atoms with Gasteiger partial charge in [0.25, 0.3) is 0 Å². The summed E-state index contributed by atoms with van der Waals surface area (Å²) in [5.74, 6) is 0. The number of β-amino-alcohol motifs (C(OH)–C–C–N with tert-alkyl or cyclic N) is 1. The van der Waals surface area contributed by atoms with Crippen molar-refractivity contribution in [1.29, 1.82) is 0 Å². The molecule has 2 aliphatic rings. The third-order valence-corrected chi connectivity index (χ3v) is 6.13. The largest absolute Gasteiger partial charge is 0.389 e. The molecule has 158 valence electrons. The van der Waals surface area contributed by atoms with Crippen LogP contribution in [0.1, 0.15) is 17.5 Å². The minimum atomic E-state index is -3.41. The number of hydrogen-bond donors (Lipinski definition) is 3. The number of rotatable bonds is 7. The van der Waals surface area contributed by atoms with Gasteiger partial charge < -0.3 is 14.9 Å². The average molecular weight is 414 g/mol. The van der Waals surface area contributed by atoms with E-state index in [-0.39, 0.29) is 6.54 Å². The van der Waals surface area contributed by atoms with Crippen molar-refractivity contribution in [3.63, 3.8) is 0 Å². The van der Waals surface area contributed by atoms with Crippen molar-refractivity contribution < 1.29 is 23.4 Å². The molecule has 0 aliphatic carbocycles. The highest BCUT2D eigenvalue weighted by atomic mass is 32.2. The predicted molar refractivity (Wildman–Crippen MR) is 106 cm³/mol. The maximum Gasteiger partial charge on any atom is 0.208 e. The van der Waals surface area contributed by atoms with Crippen molar-refractivity contribution in [2.24, 2.45) is 0 Å². The first-order valence-corrected chi connectivity index (χ1v) is 11.6. The van der Waals surface area contributed by atoms with Gasteiger partial charge in [-0.2, -0.15) is 0 Å². The first-order chi connectivity index (χ1) is 13.2. The number of aliphatic hydroxyl groups excluding tert-OH is 1. The van der Waals surface area contributed by atoms with E-state index in [9.17, 15) is 18.6 Å². The van der Waals surface area contributed by atoms with Gasteiger partial charge in [0.1, 0.15) is 5.60 Å². The van der Waals surface area contributed by atoms with Gasteiger partial charge in [-0.3, -0.25) is 9.80 Å². The zero-order valence-corrected chi connectivity index (χ0v) is 17.2. The number of sulfonamides is 1. The van der Waals surface area contributed by atoms with Gasteiger partial charge in [-0.1, -0.05) is 24.3 Å². The molecule has 0 amide bonds. The lowest BCUT2D eigenvalue weighted by atomic mass is 9.88. The van der Waals surface area contributed by atoms with Crippen molar-refractivity contribution in [3.05, 3.63) is 35.4 Å². The van der Waals surface area contributed by atoms with Gasteiger partial charge in [-0.25, -0.2) is 13.1 Å². The minimum Gasteiger partial charge on any atom is -0.389 e. The first-order valence-electron chi connectivity index (χ1n) is 9.69. The molecule has 28 heavy (non-hydrogen) atoms. The molecule has 2 aliphatic heterocycles. The second kappa shape index (κ2) is 9.17. The third kappa shape index (κ3) is 6.21. The maximum absolute atomic E-state index is 11.3. The van der Waals surface area contributed by atoms with Crippen molar-refractivity contribution in [2.75, 3.05) is 52.2 Å². The lowest BCUT2D eigenvalue weighted by molar-refractivity contribution is -0.115. The second-order valence-electron chi connectivity index (χ2n) is 7.91. The summed E-state index contributed by atoms with van der Waals surface area (Å²) in [5, 5.41) is 21.0. The summed E-state index contributed by atoms with van der Waals surface area (Å²) < 4.78 is 30.3. The lowest BCUT2D eigenvalue weighted by Gasteiger charge is -2.42. The van der Waals surface area contributed by atoms with Crippen LogP contribution in [0.5, 0.6) is 0 Å². The molecule has 0 spiro atoms. The van der Waals surface area contributed by atoms with Crippen LogP contribution in [0.2, 0.25) is 0 Å².